The monoisotopic (exact) mass is 308 g/mol. The molecule has 0 aromatic carbocycles. The van der Waals surface area contributed by atoms with Gasteiger partial charge in [0.1, 0.15) is 11.3 Å². The Balaban J connectivity index is 2.15. The van der Waals surface area contributed by atoms with Gasteiger partial charge in [0.15, 0.2) is 5.65 Å². The van der Waals surface area contributed by atoms with Crippen LogP contribution in [0.25, 0.3) is 11.2 Å². The highest BCUT2D eigenvalue weighted by Gasteiger charge is 2.18. The number of aromatic nitrogens is 4. The molecule has 3 aromatic rings. The van der Waals surface area contributed by atoms with Crippen LogP contribution < -0.4 is 0 Å². The molecule has 0 fully saturated rings. The van der Waals surface area contributed by atoms with E-state index in [0.29, 0.717) is 5.88 Å². The van der Waals surface area contributed by atoms with Crippen LogP contribution in [0.4, 0.5) is 0 Å². The summed E-state index contributed by atoms with van der Waals surface area (Å²) in [5.41, 5.74) is 3.17. The van der Waals surface area contributed by atoms with Crippen LogP contribution in [-0.2, 0) is 26.4 Å². The molecule has 3 heterocycles. The van der Waals surface area contributed by atoms with Gasteiger partial charge in [-0.25, -0.2) is 4.98 Å². The summed E-state index contributed by atoms with van der Waals surface area (Å²) in [7, 11) is 1.98. The lowest BCUT2D eigenvalue weighted by Gasteiger charge is -2.07. The van der Waals surface area contributed by atoms with Crippen LogP contribution in [0.3, 0.4) is 0 Å². The second-order valence-electron chi connectivity index (χ2n) is 4.73. The van der Waals surface area contributed by atoms with Gasteiger partial charge in [-0.2, -0.15) is 5.10 Å². The van der Waals surface area contributed by atoms with Gasteiger partial charge in [0.05, 0.1) is 12.2 Å². The molecule has 0 spiro atoms. The first-order valence-corrected chi connectivity index (χ1v) is 8.15. The van der Waals surface area contributed by atoms with Crippen molar-refractivity contribution in [2.24, 2.45) is 7.05 Å². The molecule has 0 unspecified atom stereocenters. The second-order valence-corrected chi connectivity index (χ2v) is 6.14. The molecule has 0 atom stereocenters. The molecule has 0 N–H and O–H groups in total. The number of aryl methyl sites for hydroxylation is 3. The van der Waals surface area contributed by atoms with Crippen molar-refractivity contribution in [2.75, 3.05) is 5.88 Å². The molecule has 3 rings (SSSR count). The summed E-state index contributed by atoms with van der Waals surface area (Å²) in [4.78, 5) is 6.09. The number of imidazole rings is 1. The van der Waals surface area contributed by atoms with Gasteiger partial charge in [-0.3, -0.25) is 4.68 Å². The third-order valence-corrected chi connectivity index (χ3v) is 4.47. The maximum atomic E-state index is 5.92. The first kappa shape index (κ1) is 13.6. The maximum absolute atomic E-state index is 5.92. The fraction of sp³-hybridized carbons (Fsp3) is 0.429. The van der Waals surface area contributed by atoms with Gasteiger partial charge < -0.3 is 4.57 Å². The van der Waals surface area contributed by atoms with Gasteiger partial charge in [0.25, 0.3) is 0 Å². The van der Waals surface area contributed by atoms with Gasteiger partial charge in [-0.1, -0.05) is 13.0 Å². The van der Waals surface area contributed by atoms with Crippen LogP contribution in [0.5, 0.6) is 0 Å². The molecule has 0 amide bonds. The number of rotatable bonds is 5. The van der Waals surface area contributed by atoms with E-state index in [1.807, 2.05) is 11.7 Å². The molecule has 0 aliphatic carbocycles. The van der Waals surface area contributed by atoms with Crippen LogP contribution in [0.1, 0.15) is 23.3 Å². The minimum Gasteiger partial charge on any atom is -0.308 e. The van der Waals surface area contributed by atoms with Gasteiger partial charge in [0, 0.05) is 24.2 Å². The lowest BCUT2D eigenvalue weighted by molar-refractivity contribution is 0.692. The maximum Gasteiger partial charge on any atom is 0.159 e. The highest BCUT2D eigenvalue weighted by atomic mass is 35.5. The highest BCUT2D eigenvalue weighted by molar-refractivity contribution is 7.09. The van der Waals surface area contributed by atoms with E-state index in [1.54, 1.807) is 11.3 Å². The van der Waals surface area contributed by atoms with Gasteiger partial charge >= 0.3 is 0 Å². The Kier molecular flexibility index (Phi) is 3.81. The molecule has 106 valence electrons. The van der Waals surface area contributed by atoms with E-state index in [1.165, 1.54) is 4.88 Å². The first-order valence-electron chi connectivity index (χ1n) is 6.74. The smallest absolute Gasteiger partial charge is 0.159 e. The molecule has 20 heavy (non-hydrogen) atoms. The Morgan fingerprint density at radius 1 is 1.40 bits per heavy atom. The predicted octanol–water partition coefficient (Wildman–Crippen LogP) is 3.22. The third kappa shape index (κ3) is 2.25. The topological polar surface area (TPSA) is 35.6 Å². The van der Waals surface area contributed by atoms with Crippen molar-refractivity contribution in [1.29, 1.82) is 0 Å². The largest absolute Gasteiger partial charge is 0.308 e. The highest BCUT2D eigenvalue weighted by Crippen LogP contribution is 2.23. The normalized spacial score (nSPS) is 11.6. The summed E-state index contributed by atoms with van der Waals surface area (Å²) in [6.07, 6.45) is 1.68. The van der Waals surface area contributed by atoms with Crippen LogP contribution in [0, 0.1) is 0 Å². The Morgan fingerprint density at radius 2 is 2.25 bits per heavy atom. The minimum absolute atomic E-state index is 0.586. The zero-order valence-electron chi connectivity index (χ0n) is 11.6. The van der Waals surface area contributed by atoms with E-state index in [-0.39, 0.29) is 0 Å². The molecule has 0 radical (unpaired) electrons. The zero-order chi connectivity index (χ0) is 14.1. The summed E-state index contributed by atoms with van der Waals surface area (Å²) >= 11 is 7.69. The van der Waals surface area contributed by atoms with Gasteiger partial charge in [-0.15, -0.1) is 22.9 Å². The molecule has 0 bridgehead atoms. The summed E-state index contributed by atoms with van der Waals surface area (Å²) < 4.78 is 4.18. The molecule has 4 nitrogen and oxygen atoms in total. The molecule has 3 aromatic heterocycles. The summed E-state index contributed by atoms with van der Waals surface area (Å²) in [5.74, 6) is 1.63. The SMILES string of the molecule is CCc1nn(C)c2c1nc(CCCl)n2Cc1cccs1. The second kappa shape index (κ2) is 5.58. The number of alkyl halides is 1. The van der Waals surface area contributed by atoms with Crippen LogP contribution in [0.2, 0.25) is 0 Å². The van der Waals surface area contributed by atoms with Gasteiger partial charge in [-0.05, 0) is 17.9 Å². The lowest BCUT2D eigenvalue weighted by atomic mass is 10.3. The molecule has 0 saturated heterocycles. The van der Waals surface area contributed by atoms with E-state index in [9.17, 15) is 0 Å². The summed E-state index contributed by atoms with van der Waals surface area (Å²) in [6, 6.07) is 4.23. The molecular weight excluding hydrogens is 292 g/mol. The lowest BCUT2D eigenvalue weighted by Crippen LogP contribution is -2.08. The predicted molar refractivity (Wildman–Crippen MR) is 83.7 cm³/mol. The first-order chi connectivity index (χ1) is 9.74. The van der Waals surface area contributed by atoms with Crippen molar-refractivity contribution in [3.63, 3.8) is 0 Å². The molecular formula is C14H17ClN4S. The standard InChI is InChI=1S/C14H17ClN4S/c1-3-11-13-14(18(2)17-11)19(12(16-13)6-7-15)9-10-5-4-8-20-10/h4-5,8H,3,6-7,9H2,1-2H3. The Morgan fingerprint density at radius 3 is 2.90 bits per heavy atom. The number of hydrogen-bond acceptors (Lipinski definition) is 3. The van der Waals surface area contributed by atoms with Gasteiger partial charge in [0.2, 0.25) is 0 Å². The number of fused-ring (bicyclic) bond motifs is 1. The molecule has 6 heteroatoms. The quantitative estimate of drug-likeness (QED) is 0.678. The Labute approximate surface area is 127 Å². The van der Waals surface area contributed by atoms with Crippen molar-refractivity contribution in [3.05, 3.63) is 33.9 Å². The van der Waals surface area contributed by atoms with Crippen molar-refractivity contribution in [1.82, 2.24) is 19.3 Å². The summed E-state index contributed by atoms with van der Waals surface area (Å²) in [6.45, 7) is 2.95. The molecule has 0 aliphatic heterocycles. The number of nitrogens with zero attached hydrogens (tertiary/aromatic N) is 4. The number of halogens is 1. The number of hydrogen-bond donors (Lipinski definition) is 0. The van der Waals surface area contributed by atoms with Crippen LogP contribution in [-0.4, -0.2) is 25.2 Å². The van der Waals surface area contributed by atoms with Crippen LogP contribution >= 0.6 is 22.9 Å². The van der Waals surface area contributed by atoms with E-state index in [2.05, 4.69) is 34.1 Å². The Hall–Kier alpha value is -1.33. The van der Waals surface area contributed by atoms with Crippen molar-refractivity contribution in [2.45, 2.75) is 26.3 Å². The van der Waals surface area contributed by atoms with Crippen molar-refractivity contribution in [3.8, 4) is 0 Å². The van der Waals surface area contributed by atoms with E-state index >= 15 is 0 Å². The van der Waals surface area contributed by atoms with Crippen LogP contribution in [0.15, 0.2) is 17.5 Å². The zero-order valence-corrected chi connectivity index (χ0v) is 13.2. The fourth-order valence-corrected chi connectivity index (χ4v) is 3.39. The molecule has 0 saturated carbocycles. The average molecular weight is 309 g/mol. The molecule has 0 aliphatic rings. The average Bonchev–Trinajstić information content (AvgIpc) is 3.11. The third-order valence-electron chi connectivity index (χ3n) is 3.42. The Bertz CT molecular complexity index is 711. The van der Waals surface area contributed by atoms with Crippen molar-refractivity contribution < 1.29 is 0 Å². The number of thiophene rings is 1. The summed E-state index contributed by atoms with van der Waals surface area (Å²) in [5, 5.41) is 6.67. The van der Waals surface area contributed by atoms with E-state index in [4.69, 9.17) is 16.6 Å². The minimum atomic E-state index is 0.586. The van der Waals surface area contributed by atoms with Crippen molar-refractivity contribution >= 4 is 34.1 Å². The fourth-order valence-electron chi connectivity index (χ4n) is 2.52. The van der Waals surface area contributed by atoms with E-state index < -0.39 is 0 Å². The van der Waals surface area contributed by atoms with E-state index in [0.717, 1.165) is 42.1 Å².